The van der Waals surface area contributed by atoms with Crippen LogP contribution < -0.4 is 4.74 Å². The highest BCUT2D eigenvalue weighted by molar-refractivity contribution is 5.88. The molecule has 1 saturated heterocycles. The summed E-state index contributed by atoms with van der Waals surface area (Å²) in [6.45, 7) is 1.91. The highest BCUT2D eigenvalue weighted by atomic mass is 19.4. The molecule has 0 spiro atoms. The van der Waals surface area contributed by atoms with Crippen molar-refractivity contribution in [3.8, 4) is 11.4 Å². The molecule has 1 aliphatic heterocycles. The maximum absolute atomic E-state index is 12.2. The standard InChI is InChI=1S/C25H24F3N3O5/c26-25(27,28)24(33)36-23(32)10-13-30-14-15-34-22(16-30)19-4-8-21(9-5-19)35-17-18-2-6-20(7-3-18)31-12-1-11-29-31/h1-9,11-12,22H,10,13-17H2. The van der Waals surface area contributed by atoms with Gasteiger partial charge in [0.15, 0.2) is 0 Å². The minimum Gasteiger partial charge on any atom is -0.489 e. The summed E-state index contributed by atoms with van der Waals surface area (Å²) in [6.07, 6.45) is -2.20. The summed E-state index contributed by atoms with van der Waals surface area (Å²) in [5.74, 6) is -3.02. The van der Waals surface area contributed by atoms with E-state index < -0.39 is 18.1 Å². The Morgan fingerprint density at radius 2 is 1.83 bits per heavy atom. The lowest BCUT2D eigenvalue weighted by molar-refractivity contribution is -0.202. The van der Waals surface area contributed by atoms with Crippen LogP contribution in [0, 0.1) is 0 Å². The Morgan fingerprint density at radius 1 is 1.08 bits per heavy atom. The predicted molar refractivity (Wildman–Crippen MR) is 121 cm³/mol. The molecule has 1 aliphatic rings. The molecule has 0 amide bonds. The lowest BCUT2D eigenvalue weighted by Crippen LogP contribution is -2.39. The van der Waals surface area contributed by atoms with Gasteiger partial charge in [-0.25, -0.2) is 9.48 Å². The number of esters is 2. The first-order chi connectivity index (χ1) is 17.3. The third-order valence-electron chi connectivity index (χ3n) is 5.58. The van der Waals surface area contributed by atoms with E-state index in [1.807, 2.05) is 65.7 Å². The van der Waals surface area contributed by atoms with E-state index in [0.29, 0.717) is 32.1 Å². The molecule has 4 rings (SSSR count). The maximum Gasteiger partial charge on any atom is 0.491 e. The molecule has 0 bridgehead atoms. The highest BCUT2D eigenvalue weighted by Gasteiger charge is 2.42. The second-order valence-corrected chi connectivity index (χ2v) is 8.14. The fraction of sp³-hybridized carbons (Fsp3) is 0.320. The lowest BCUT2D eigenvalue weighted by atomic mass is 10.1. The third-order valence-corrected chi connectivity index (χ3v) is 5.58. The first-order valence-corrected chi connectivity index (χ1v) is 11.3. The van der Waals surface area contributed by atoms with E-state index in [9.17, 15) is 22.8 Å². The predicted octanol–water partition coefficient (Wildman–Crippen LogP) is 3.85. The normalized spacial score (nSPS) is 16.5. The minimum absolute atomic E-state index is 0.157. The SMILES string of the molecule is O=C(CCN1CCOC(c2ccc(OCc3ccc(-n4cccn4)cc3)cc2)C1)OC(=O)C(F)(F)F. The van der Waals surface area contributed by atoms with Gasteiger partial charge in [0, 0.05) is 32.0 Å². The van der Waals surface area contributed by atoms with Gasteiger partial charge >= 0.3 is 18.1 Å². The van der Waals surface area contributed by atoms with Gasteiger partial charge in [-0.1, -0.05) is 24.3 Å². The van der Waals surface area contributed by atoms with Crippen molar-refractivity contribution in [2.45, 2.75) is 25.3 Å². The Bertz CT molecular complexity index is 1150. The van der Waals surface area contributed by atoms with Crippen LogP contribution in [0.3, 0.4) is 0 Å². The van der Waals surface area contributed by atoms with Gasteiger partial charge in [0.2, 0.25) is 0 Å². The molecule has 36 heavy (non-hydrogen) atoms. The highest BCUT2D eigenvalue weighted by Crippen LogP contribution is 2.25. The fourth-order valence-corrected chi connectivity index (χ4v) is 3.68. The van der Waals surface area contributed by atoms with Gasteiger partial charge in [-0.2, -0.15) is 18.3 Å². The molecule has 3 aromatic rings. The molecule has 0 radical (unpaired) electrons. The molecule has 2 aromatic carbocycles. The molecular weight excluding hydrogens is 479 g/mol. The summed E-state index contributed by atoms with van der Waals surface area (Å²) in [5.41, 5.74) is 2.88. The summed E-state index contributed by atoms with van der Waals surface area (Å²) >= 11 is 0. The monoisotopic (exact) mass is 503 g/mol. The number of hydrogen-bond acceptors (Lipinski definition) is 7. The molecule has 1 unspecified atom stereocenters. The number of carbonyl (C=O) groups excluding carboxylic acids is 2. The van der Waals surface area contributed by atoms with Crippen molar-refractivity contribution in [3.63, 3.8) is 0 Å². The molecule has 8 nitrogen and oxygen atoms in total. The molecule has 190 valence electrons. The Kier molecular flexibility index (Phi) is 8.01. The zero-order chi connectivity index (χ0) is 25.5. The number of rotatable bonds is 8. The van der Waals surface area contributed by atoms with Crippen LogP contribution in [0.2, 0.25) is 0 Å². The molecule has 1 fully saturated rings. The van der Waals surface area contributed by atoms with Crippen LogP contribution in [0.1, 0.15) is 23.7 Å². The van der Waals surface area contributed by atoms with Gasteiger partial charge in [0.1, 0.15) is 12.4 Å². The van der Waals surface area contributed by atoms with E-state index in [2.05, 4.69) is 9.84 Å². The second kappa shape index (κ2) is 11.4. The molecule has 1 aromatic heterocycles. The average Bonchev–Trinajstić information content (AvgIpc) is 3.42. The molecular formula is C25H24F3N3O5. The molecule has 0 aliphatic carbocycles. The van der Waals surface area contributed by atoms with E-state index in [-0.39, 0.29) is 19.1 Å². The van der Waals surface area contributed by atoms with E-state index in [4.69, 9.17) is 9.47 Å². The average molecular weight is 503 g/mol. The fourth-order valence-electron chi connectivity index (χ4n) is 3.68. The van der Waals surface area contributed by atoms with Crippen molar-refractivity contribution in [1.82, 2.24) is 14.7 Å². The Hall–Kier alpha value is -3.70. The number of alkyl halides is 3. The van der Waals surface area contributed by atoms with E-state index in [1.54, 1.807) is 10.9 Å². The first kappa shape index (κ1) is 25.4. The zero-order valence-corrected chi connectivity index (χ0v) is 19.2. The number of morpholine rings is 1. The summed E-state index contributed by atoms with van der Waals surface area (Å²) in [7, 11) is 0. The molecule has 1 atom stereocenters. The van der Waals surface area contributed by atoms with Gasteiger partial charge in [0.25, 0.3) is 0 Å². The van der Waals surface area contributed by atoms with Crippen molar-refractivity contribution in [3.05, 3.63) is 78.1 Å². The number of nitrogens with zero attached hydrogens (tertiary/aromatic N) is 3. The Labute approximate surface area is 205 Å². The van der Waals surface area contributed by atoms with Crippen LogP contribution in [0.25, 0.3) is 5.69 Å². The summed E-state index contributed by atoms with van der Waals surface area (Å²) < 4.78 is 53.9. The number of benzene rings is 2. The topological polar surface area (TPSA) is 82.9 Å². The summed E-state index contributed by atoms with van der Waals surface area (Å²) in [4.78, 5) is 24.2. The number of hydrogen-bond donors (Lipinski definition) is 0. The van der Waals surface area contributed by atoms with Crippen LogP contribution in [0.5, 0.6) is 5.75 Å². The van der Waals surface area contributed by atoms with E-state index >= 15 is 0 Å². The second-order valence-electron chi connectivity index (χ2n) is 8.14. The Morgan fingerprint density at radius 3 is 2.50 bits per heavy atom. The summed E-state index contributed by atoms with van der Waals surface area (Å²) in [6, 6.07) is 17.2. The van der Waals surface area contributed by atoms with Crippen molar-refractivity contribution in [1.29, 1.82) is 0 Å². The van der Waals surface area contributed by atoms with Crippen LogP contribution in [-0.4, -0.2) is 59.0 Å². The van der Waals surface area contributed by atoms with Gasteiger partial charge in [-0.15, -0.1) is 0 Å². The number of carbonyl (C=O) groups is 2. The lowest BCUT2D eigenvalue weighted by Gasteiger charge is -2.33. The molecule has 0 saturated carbocycles. The number of aromatic nitrogens is 2. The van der Waals surface area contributed by atoms with Gasteiger partial charge in [0.05, 0.1) is 24.8 Å². The largest absolute Gasteiger partial charge is 0.491 e. The zero-order valence-electron chi connectivity index (χ0n) is 19.2. The summed E-state index contributed by atoms with van der Waals surface area (Å²) in [5, 5.41) is 4.20. The van der Waals surface area contributed by atoms with Crippen LogP contribution in [-0.2, 0) is 25.7 Å². The maximum atomic E-state index is 12.2. The molecule has 2 heterocycles. The molecule has 11 heteroatoms. The van der Waals surface area contributed by atoms with Gasteiger partial charge in [-0.3, -0.25) is 9.69 Å². The van der Waals surface area contributed by atoms with Crippen molar-refractivity contribution >= 4 is 11.9 Å². The van der Waals surface area contributed by atoms with Crippen molar-refractivity contribution < 1.29 is 37.0 Å². The van der Waals surface area contributed by atoms with Gasteiger partial charge in [-0.05, 0) is 41.5 Å². The minimum atomic E-state index is -5.19. The smallest absolute Gasteiger partial charge is 0.489 e. The molecule has 0 N–H and O–H groups in total. The number of halogens is 3. The van der Waals surface area contributed by atoms with Crippen LogP contribution >= 0.6 is 0 Å². The number of ether oxygens (including phenoxy) is 3. The van der Waals surface area contributed by atoms with Gasteiger partial charge < -0.3 is 14.2 Å². The third kappa shape index (κ3) is 6.92. The van der Waals surface area contributed by atoms with E-state index in [1.165, 1.54) is 0 Å². The Balaban J connectivity index is 1.24. The van der Waals surface area contributed by atoms with Crippen molar-refractivity contribution in [2.75, 3.05) is 26.2 Å². The van der Waals surface area contributed by atoms with Crippen LogP contribution in [0.15, 0.2) is 67.0 Å². The first-order valence-electron chi connectivity index (χ1n) is 11.3. The van der Waals surface area contributed by atoms with Crippen LogP contribution in [0.4, 0.5) is 13.2 Å². The quantitative estimate of drug-likeness (QED) is 0.341. The van der Waals surface area contributed by atoms with Crippen molar-refractivity contribution in [2.24, 2.45) is 0 Å². The van der Waals surface area contributed by atoms with E-state index in [0.717, 1.165) is 16.8 Å².